The van der Waals surface area contributed by atoms with Crippen LogP contribution >= 0.6 is 11.3 Å². The van der Waals surface area contributed by atoms with Crippen molar-refractivity contribution in [1.29, 1.82) is 0 Å². The second-order valence-corrected chi connectivity index (χ2v) is 15.5. The Balaban J connectivity index is 1.17. The molecular formula is C39H30F4N6O4S. The summed E-state index contributed by atoms with van der Waals surface area (Å²) < 4.78 is 68.7. The van der Waals surface area contributed by atoms with Gasteiger partial charge < -0.3 is 19.4 Å². The van der Waals surface area contributed by atoms with E-state index in [1.165, 1.54) is 42.7 Å². The second-order valence-electron chi connectivity index (χ2n) is 14.4. The Morgan fingerprint density at radius 1 is 1.06 bits per heavy atom. The van der Waals surface area contributed by atoms with Gasteiger partial charge in [0.1, 0.15) is 17.3 Å². The van der Waals surface area contributed by atoms with Crippen molar-refractivity contribution in [2.24, 2.45) is 5.92 Å². The van der Waals surface area contributed by atoms with Gasteiger partial charge in [-0.25, -0.2) is 32.4 Å². The monoisotopic (exact) mass is 754 g/mol. The van der Waals surface area contributed by atoms with E-state index in [1.807, 2.05) is 4.90 Å². The van der Waals surface area contributed by atoms with Crippen molar-refractivity contribution in [3.8, 4) is 27.6 Å². The molecule has 2 aliphatic carbocycles. The van der Waals surface area contributed by atoms with Gasteiger partial charge in [0.25, 0.3) is 18.2 Å². The molecule has 5 aliphatic rings. The average Bonchev–Trinajstić information content (AvgIpc) is 3.99. The van der Waals surface area contributed by atoms with Crippen LogP contribution in [-0.2, 0) is 24.8 Å². The van der Waals surface area contributed by atoms with Crippen LogP contribution in [0, 0.1) is 17.6 Å². The minimum atomic E-state index is -2.88. The number of alkyl halides is 2. The minimum absolute atomic E-state index is 0.0609. The van der Waals surface area contributed by atoms with Crippen molar-refractivity contribution in [2.75, 3.05) is 19.0 Å². The van der Waals surface area contributed by atoms with E-state index in [0.717, 1.165) is 24.0 Å². The van der Waals surface area contributed by atoms with Gasteiger partial charge in [-0.3, -0.25) is 9.78 Å². The summed E-state index contributed by atoms with van der Waals surface area (Å²) in [6.07, 6.45) is 0.564. The maximum atomic E-state index is 14.6. The predicted molar refractivity (Wildman–Crippen MR) is 191 cm³/mol. The third kappa shape index (κ3) is 4.86. The molecule has 274 valence electrons. The summed E-state index contributed by atoms with van der Waals surface area (Å²) in [7, 11) is 1.41. The Morgan fingerprint density at radius 2 is 1.87 bits per heavy atom. The first-order valence-corrected chi connectivity index (χ1v) is 18.5. The summed E-state index contributed by atoms with van der Waals surface area (Å²) in [5.74, 6) is -1.11. The molecule has 1 atom stereocenters. The van der Waals surface area contributed by atoms with E-state index in [0.29, 0.717) is 86.8 Å². The van der Waals surface area contributed by atoms with Crippen LogP contribution in [0.5, 0.6) is 5.75 Å². The number of nitrogens with zero attached hydrogens (tertiary/aromatic N) is 4. The molecule has 3 fully saturated rings. The summed E-state index contributed by atoms with van der Waals surface area (Å²) in [5, 5.41) is 10.4. The van der Waals surface area contributed by atoms with Gasteiger partial charge in [-0.1, -0.05) is 18.2 Å². The fraction of sp³-hybridized carbons (Fsp3) is 0.308. The molecule has 0 radical (unpaired) electrons. The number of methoxy groups -OCH3 is 1. The Hall–Kier alpha value is -5.57. The van der Waals surface area contributed by atoms with E-state index in [-0.39, 0.29) is 35.2 Å². The highest BCUT2D eigenvalue weighted by molar-refractivity contribution is 7.23. The van der Waals surface area contributed by atoms with Gasteiger partial charge >= 0.3 is 5.76 Å². The number of nitrogens with one attached hydrogen (secondary N) is 2. The van der Waals surface area contributed by atoms with Crippen molar-refractivity contribution in [3.05, 3.63) is 110 Å². The quantitative estimate of drug-likeness (QED) is 0.143. The van der Waals surface area contributed by atoms with E-state index in [1.54, 1.807) is 24.3 Å². The van der Waals surface area contributed by atoms with Crippen molar-refractivity contribution in [2.45, 2.75) is 56.5 Å². The van der Waals surface area contributed by atoms with Gasteiger partial charge in [0.2, 0.25) is 0 Å². The number of thiophene rings is 1. The number of benzene rings is 2. The third-order valence-electron chi connectivity index (χ3n) is 11.4. The Morgan fingerprint density at radius 3 is 2.61 bits per heavy atom. The van der Waals surface area contributed by atoms with Gasteiger partial charge in [-0.15, -0.1) is 16.4 Å². The Kier molecular flexibility index (Phi) is 7.32. The normalized spacial score (nSPS) is 20.8. The molecule has 2 bridgehead atoms. The van der Waals surface area contributed by atoms with Crippen LogP contribution in [-0.4, -0.2) is 44.6 Å². The molecule has 54 heavy (non-hydrogen) atoms. The number of aryl methyl sites for hydroxylation is 2. The molecule has 4 aromatic heterocycles. The topological polar surface area (TPSA) is 126 Å². The Labute approximate surface area is 308 Å². The highest BCUT2D eigenvalue weighted by atomic mass is 32.1. The van der Waals surface area contributed by atoms with Gasteiger partial charge in [0, 0.05) is 22.5 Å². The zero-order valence-electron chi connectivity index (χ0n) is 28.6. The number of H-pyrrole nitrogens is 1. The predicted octanol–water partition coefficient (Wildman–Crippen LogP) is 7.89. The first kappa shape index (κ1) is 33.0. The molecule has 2 aromatic carbocycles. The number of fused-ring (bicyclic) bond motifs is 3. The summed E-state index contributed by atoms with van der Waals surface area (Å²) >= 11 is 1.27. The van der Waals surface area contributed by atoms with E-state index in [4.69, 9.17) is 14.1 Å². The van der Waals surface area contributed by atoms with Crippen LogP contribution in [0.1, 0.15) is 75.9 Å². The fourth-order valence-electron chi connectivity index (χ4n) is 9.08. The molecule has 2 saturated heterocycles. The maximum absolute atomic E-state index is 14.6. The number of hydrogen-bond acceptors (Lipinski definition) is 9. The van der Waals surface area contributed by atoms with Crippen LogP contribution in [0.3, 0.4) is 0 Å². The van der Waals surface area contributed by atoms with Crippen LogP contribution in [0.4, 0.5) is 23.4 Å². The minimum Gasteiger partial charge on any atom is -0.493 e. The second kappa shape index (κ2) is 12.0. The lowest BCUT2D eigenvalue weighted by Gasteiger charge is -2.37. The summed E-state index contributed by atoms with van der Waals surface area (Å²) in [4.78, 5) is 38.8. The Bertz CT molecular complexity index is 2600. The number of aromatic amines is 1. The first-order valence-electron chi connectivity index (χ1n) is 17.7. The van der Waals surface area contributed by atoms with Gasteiger partial charge in [0.05, 0.1) is 45.9 Å². The number of aromatic nitrogens is 4. The lowest BCUT2D eigenvalue weighted by Crippen LogP contribution is -2.40. The fourth-order valence-corrected chi connectivity index (χ4v) is 10.2. The molecule has 2 N–H and O–H groups in total. The number of carbonyl (C=O) groups is 1. The summed E-state index contributed by atoms with van der Waals surface area (Å²) in [6.45, 7) is 0.603. The largest absolute Gasteiger partial charge is 0.493 e. The number of hydrogen-bond donors (Lipinski definition) is 2. The smallest absolute Gasteiger partial charge is 0.434 e. The summed E-state index contributed by atoms with van der Waals surface area (Å²) in [6, 6.07) is 11.9. The van der Waals surface area contributed by atoms with Crippen LogP contribution in [0.25, 0.3) is 32.0 Å². The van der Waals surface area contributed by atoms with E-state index in [2.05, 4.69) is 20.5 Å². The van der Waals surface area contributed by atoms with Crippen LogP contribution in [0.15, 0.2) is 57.7 Å². The molecular weight excluding hydrogens is 725 g/mol. The lowest BCUT2D eigenvalue weighted by atomic mass is 9.71. The highest BCUT2D eigenvalue weighted by Crippen LogP contribution is 2.63. The number of rotatable bonds is 9. The number of halogens is 4. The third-order valence-corrected chi connectivity index (χ3v) is 12.6. The van der Waals surface area contributed by atoms with E-state index >= 15 is 0 Å². The van der Waals surface area contributed by atoms with Crippen molar-refractivity contribution in [1.82, 2.24) is 25.1 Å². The number of carbonyl (C=O) groups excluding carboxylic acids is 1. The number of amides is 1. The highest BCUT2D eigenvalue weighted by Gasteiger charge is 2.65. The van der Waals surface area contributed by atoms with Gasteiger partial charge in [-0.05, 0) is 91.3 Å². The van der Waals surface area contributed by atoms with Crippen LogP contribution < -0.4 is 15.8 Å². The lowest BCUT2D eigenvalue weighted by molar-refractivity contribution is 0.0637. The average molecular weight is 755 g/mol. The molecule has 1 amide bonds. The number of pyridine rings is 2. The standard InChI is InChI=1S/C39H30F4N6O4S/c1-52-31-22-8-11-24(21(22)7-9-23(31)41)45-35-32-19(12-26(46-35)34(42)43)13-27(54-32)29-28(36-47-48-38(51)53-36)25(10-4-17-2-5-20(40)6-3-17)44-33-30(29)37(50)49-16-18-14-39(33,49)15-18/h2-3,5-7,9,12-13,18,24,34H,4,8,10-11,14-16H2,1H3,(H,45,46)(H,48,51)/t18?,24-,39?/m0/s1. The van der Waals surface area contributed by atoms with Crippen LogP contribution in [0.2, 0.25) is 0 Å². The maximum Gasteiger partial charge on any atom is 0.434 e. The zero-order valence-corrected chi connectivity index (χ0v) is 29.5. The molecule has 1 saturated carbocycles. The van der Waals surface area contributed by atoms with Crippen molar-refractivity contribution >= 4 is 33.1 Å². The SMILES string of the molecule is COc1c(F)ccc2c1CC[C@@H]2Nc1nc(C(F)F)cc2cc(-c3c4c(nc(CCc5ccc(F)cc5)c3-c3n[nH]c(=O)o3)C35CC(CN3C4=O)C5)sc12. The molecule has 0 unspecified atom stereocenters. The zero-order chi connectivity index (χ0) is 37.0. The van der Waals surface area contributed by atoms with E-state index in [9.17, 15) is 27.2 Å². The van der Waals surface area contributed by atoms with Gasteiger partial charge in [-0.2, -0.15) is 0 Å². The number of anilines is 1. The molecule has 7 heterocycles. The molecule has 1 spiro atoms. The van der Waals surface area contributed by atoms with Gasteiger partial charge in [0.15, 0.2) is 11.6 Å². The summed E-state index contributed by atoms with van der Waals surface area (Å²) in [5.41, 5.74) is 3.74. The molecule has 10 nitrogen and oxygen atoms in total. The van der Waals surface area contributed by atoms with Crippen molar-refractivity contribution < 1.29 is 31.5 Å². The molecule has 6 aromatic rings. The van der Waals surface area contributed by atoms with Crippen molar-refractivity contribution in [3.63, 3.8) is 0 Å². The molecule has 15 heteroatoms. The first-order chi connectivity index (χ1) is 26.1. The molecule has 11 rings (SSSR count). The van der Waals surface area contributed by atoms with E-state index < -0.39 is 29.2 Å². The molecule has 3 aliphatic heterocycles. The number of ether oxygens (including phenoxy) is 1.